The van der Waals surface area contributed by atoms with Gasteiger partial charge in [-0.1, -0.05) is 44.9 Å². The van der Waals surface area contributed by atoms with Crippen LogP contribution in [0, 0.1) is 0 Å². The molecule has 0 heteroatoms. The van der Waals surface area contributed by atoms with Gasteiger partial charge in [-0.3, -0.25) is 0 Å². The smallest absolute Gasteiger partial charge is 0.0311 e. The molecule has 0 aromatic carbocycles. The van der Waals surface area contributed by atoms with Crippen LogP contribution in [0.15, 0.2) is 23.3 Å². The maximum absolute atomic E-state index is 4.07. The number of hydrogen-bond donors (Lipinski definition) is 0. The Morgan fingerprint density at radius 2 is 1.67 bits per heavy atom. The van der Waals surface area contributed by atoms with Gasteiger partial charge in [0.05, 0.1) is 0 Å². The lowest BCUT2D eigenvalue weighted by molar-refractivity contribution is 0.840. The molecule has 0 radical (unpaired) electrons. The Hall–Kier alpha value is -0.520. The summed E-state index contributed by atoms with van der Waals surface area (Å²) in [6.45, 7) is 12.9. The van der Waals surface area contributed by atoms with E-state index in [0.29, 0.717) is 0 Å². The van der Waals surface area contributed by atoms with Gasteiger partial charge in [0.25, 0.3) is 0 Å². The molecule has 0 N–H and O–H groups in total. The summed E-state index contributed by atoms with van der Waals surface area (Å²) in [5.74, 6) is 0. The van der Waals surface area contributed by atoms with Gasteiger partial charge in [-0.2, -0.15) is 0 Å². The molecular weight excluding hydrogens is 144 g/mol. The van der Waals surface area contributed by atoms with E-state index in [1.807, 2.05) is 0 Å². The summed E-state index contributed by atoms with van der Waals surface area (Å²) in [5, 5.41) is 0. The fourth-order valence-electron chi connectivity index (χ4n) is 1.45. The summed E-state index contributed by atoms with van der Waals surface area (Å²) in [5.41, 5.74) is 4.34. The van der Waals surface area contributed by atoms with Crippen LogP contribution in [0.4, 0.5) is 0 Å². The summed E-state index contributed by atoms with van der Waals surface area (Å²) in [6, 6.07) is 0. The predicted molar refractivity (Wildman–Crippen MR) is 57.3 cm³/mol. The highest BCUT2D eigenvalue weighted by Crippen LogP contribution is 2.21. The van der Waals surface area contributed by atoms with Crippen LogP contribution in [0.2, 0.25) is 0 Å². The first kappa shape index (κ1) is 11.5. The lowest BCUT2D eigenvalue weighted by Crippen LogP contribution is -1.90. The van der Waals surface area contributed by atoms with Crippen LogP contribution in [0.25, 0.3) is 0 Å². The van der Waals surface area contributed by atoms with Crippen molar-refractivity contribution in [1.29, 1.82) is 0 Å². The van der Waals surface area contributed by atoms with Crippen LogP contribution in [-0.4, -0.2) is 0 Å². The van der Waals surface area contributed by atoms with Crippen molar-refractivity contribution in [3.8, 4) is 0 Å². The fourth-order valence-corrected chi connectivity index (χ4v) is 1.45. The van der Waals surface area contributed by atoms with Gasteiger partial charge < -0.3 is 0 Å². The first-order valence-electron chi connectivity index (χ1n) is 5.04. The molecule has 0 saturated heterocycles. The van der Waals surface area contributed by atoms with E-state index in [1.165, 1.54) is 30.4 Å². The van der Waals surface area contributed by atoms with Crippen LogP contribution >= 0.6 is 0 Å². The minimum atomic E-state index is 1.08. The van der Waals surface area contributed by atoms with Gasteiger partial charge in [-0.25, -0.2) is 0 Å². The van der Waals surface area contributed by atoms with E-state index in [4.69, 9.17) is 0 Å². The van der Waals surface area contributed by atoms with Gasteiger partial charge in [0.1, 0.15) is 0 Å². The summed E-state index contributed by atoms with van der Waals surface area (Å²) >= 11 is 0. The average Bonchev–Trinajstić information content (AvgIpc) is 2.11. The molecule has 0 atom stereocenters. The zero-order chi connectivity index (χ0) is 9.56. The van der Waals surface area contributed by atoms with E-state index < -0.39 is 0 Å². The largest absolute Gasteiger partial charge is 0.0956 e. The van der Waals surface area contributed by atoms with Crippen LogP contribution in [-0.2, 0) is 0 Å². The molecule has 0 unspecified atom stereocenters. The monoisotopic (exact) mass is 166 g/mol. The summed E-state index contributed by atoms with van der Waals surface area (Å²) in [6.07, 6.45) is 4.75. The first-order valence-corrected chi connectivity index (χ1v) is 5.04. The van der Waals surface area contributed by atoms with Gasteiger partial charge >= 0.3 is 0 Å². The molecule has 0 aliphatic carbocycles. The lowest BCUT2D eigenvalue weighted by Gasteiger charge is -2.10. The molecule has 12 heavy (non-hydrogen) atoms. The van der Waals surface area contributed by atoms with Crippen LogP contribution in [0.5, 0.6) is 0 Å². The van der Waals surface area contributed by atoms with Crippen molar-refractivity contribution in [3.63, 3.8) is 0 Å². The zero-order valence-electron chi connectivity index (χ0n) is 9.04. The Balaban J connectivity index is 4.47. The number of hydrogen-bond acceptors (Lipinski definition) is 0. The Bertz CT molecular complexity index is 172. The number of rotatable bonds is 5. The molecule has 0 rings (SSSR count). The molecule has 0 bridgehead atoms. The van der Waals surface area contributed by atoms with Crippen molar-refractivity contribution >= 4 is 0 Å². The molecule has 0 amide bonds. The molecule has 0 aromatic rings. The molecule has 0 heterocycles. The topological polar surface area (TPSA) is 0 Å². The SMILES string of the molecule is C=C(CC)C(C)=C(CC)CCC. The summed E-state index contributed by atoms with van der Waals surface area (Å²) in [7, 11) is 0. The zero-order valence-corrected chi connectivity index (χ0v) is 9.04. The standard InChI is InChI=1S/C12H22/c1-6-9-12(8-3)11(5)10(4)7-2/h4,6-9H2,1-3,5H3. The Labute approximate surface area is 77.4 Å². The molecule has 0 aromatic heterocycles. The third-order valence-electron chi connectivity index (χ3n) is 2.47. The normalized spacial score (nSPS) is 12.7. The van der Waals surface area contributed by atoms with E-state index in [1.54, 1.807) is 5.57 Å². The second kappa shape index (κ2) is 6.05. The Morgan fingerprint density at radius 3 is 2.00 bits per heavy atom. The molecule has 0 fully saturated rings. The van der Waals surface area contributed by atoms with Crippen LogP contribution < -0.4 is 0 Å². The van der Waals surface area contributed by atoms with Crippen molar-refractivity contribution in [2.45, 2.75) is 53.4 Å². The first-order chi connectivity index (χ1) is 5.67. The molecule has 70 valence electrons. The van der Waals surface area contributed by atoms with Gasteiger partial charge in [0.2, 0.25) is 0 Å². The van der Waals surface area contributed by atoms with E-state index in [-0.39, 0.29) is 0 Å². The van der Waals surface area contributed by atoms with Crippen LogP contribution in [0.1, 0.15) is 53.4 Å². The van der Waals surface area contributed by atoms with Crippen LogP contribution in [0.3, 0.4) is 0 Å². The van der Waals surface area contributed by atoms with Crippen molar-refractivity contribution in [3.05, 3.63) is 23.3 Å². The van der Waals surface area contributed by atoms with Gasteiger partial charge in [0.15, 0.2) is 0 Å². The highest BCUT2D eigenvalue weighted by atomic mass is 14.1. The van der Waals surface area contributed by atoms with Gasteiger partial charge in [-0.05, 0) is 31.8 Å². The molecular formula is C12H22. The maximum atomic E-state index is 4.07. The van der Waals surface area contributed by atoms with Gasteiger partial charge in [-0.15, -0.1) is 0 Å². The molecule has 0 aliphatic rings. The maximum Gasteiger partial charge on any atom is -0.0311 e. The fraction of sp³-hybridized carbons (Fsp3) is 0.667. The van der Waals surface area contributed by atoms with E-state index in [0.717, 1.165) is 6.42 Å². The second-order valence-corrected chi connectivity index (χ2v) is 3.29. The van der Waals surface area contributed by atoms with Gasteiger partial charge in [0, 0.05) is 0 Å². The summed E-state index contributed by atoms with van der Waals surface area (Å²) in [4.78, 5) is 0. The third-order valence-corrected chi connectivity index (χ3v) is 2.47. The highest BCUT2D eigenvalue weighted by Gasteiger charge is 2.01. The van der Waals surface area contributed by atoms with Crippen molar-refractivity contribution in [1.82, 2.24) is 0 Å². The molecule has 0 aliphatic heterocycles. The van der Waals surface area contributed by atoms with Crippen molar-refractivity contribution in [2.24, 2.45) is 0 Å². The molecule has 0 spiro atoms. The number of allylic oxidation sites excluding steroid dienone is 3. The molecule has 0 saturated carbocycles. The van der Waals surface area contributed by atoms with E-state index in [2.05, 4.69) is 34.3 Å². The van der Waals surface area contributed by atoms with E-state index in [9.17, 15) is 0 Å². The summed E-state index contributed by atoms with van der Waals surface area (Å²) < 4.78 is 0. The minimum absolute atomic E-state index is 1.08. The lowest BCUT2D eigenvalue weighted by atomic mass is 9.96. The average molecular weight is 166 g/mol. The third kappa shape index (κ3) is 3.25. The Kier molecular flexibility index (Phi) is 5.79. The predicted octanol–water partition coefficient (Wildman–Crippen LogP) is 4.48. The molecule has 0 nitrogen and oxygen atoms in total. The van der Waals surface area contributed by atoms with Crippen molar-refractivity contribution in [2.75, 3.05) is 0 Å². The van der Waals surface area contributed by atoms with Crippen molar-refractivity contribution < 1.29 is 0 Å². The quantitative estimate of drug-likeness (QED) is 0.528. The minimum Gasteiger partial charge on any atom is -0.0956 e. The second-order valence-electron chi connectivity index (χ2n) is 3.29. The Morgan fingerprint density at radius 1 is 1.08 bits per heavy atom. The van der Waals surface area contributed by atoms with E-state index >= 15 is 0 Å². The highest BCUT2D eigenvalue weighted by molar-refractivity contribution is 5.31.